The number of carbonyl (C=O) groups excluding carboxylic acids is 1. The van der Waals surface area contributed by atoms with E-state index in [1.807, 2.05) is 42.5 Å². The highest BCUT2D eigenvalue weighted by atomic mass is 16.6. The van der Waals surface area contributed by atoms with Crippen LogP contribution in [0.1, 0.15) is 5.56 Å². The minimum atomic E-state index is -0.378. The average molecular weight is 368 g/mol. The van der Waals surface area contributed by atoms with Crippen LogP contribution < -0.4 is 5.32 Å². The van der Waals surface area contributed by atoms with Crippen molar-refractivity contribution in [3.8, 4) is 0 Å². The SMILES string of the molecule is O=C(CN1CCN(CCc2ccc([N+](=O)[O-])cc2)CC1)Nc1ccccc1. The fraction of sp³-hybridized carbons (Fsp3) is 0.350. The number of hydrogen-bond acceptors (Lipinski definition) is 5. The third kappa shape index (κ3) is 5.87. The molecule has 1 saturated heterocycles. The molecule has 0 aromatic heterocycles. The Kier molecular flexibility index (Phi) is 6.51. The minimum Gasteiger partial charge on any atom is -0.325 e. The number of rotatable bonds is 7. The topological polar surface area (TPSA) is 78.7 Å². The van der Waals surface area contributed by atoms with Gasteiger partial charge in [0.2, 0.25) is 5.91 Å². The van der Waals surface area contributed by atoms with Gasteiger partial charge in [0, 0.05) is 50.5 Å². The molecule has 1 fully saturated rings. The molecule has 0 aliphatic carbocycles. The van der Waals surface area contributed by atoms with Gasteiger partial charge in [-0.1, -0.05) is 30.3 Å². The number of piperazine rings is 1. The molecule has 0 atom stereocenters. The lowest BCUT2D eigenvalue weighted by atomic mass is 10.1. The lowest BCUT2D eigenvalue weighted by Gasteiger charge is -2.34. The monoisotopic (exact) mass is 368 g/mol. The van der Waals surface area contributed by atoms with E-state index in [0.29, 0.717) is 6.54 Å². The number of para-hydroxylation sites is 1. The van der Waals surface area contributed by atoms with E-state index in [1.54, 1.807) is 12.1 Å². The summed E-state index contributed by atoms with van der Waals surface area (Å²) in [5, 5.41) is 13.6. The zero-order chi connectivity index (χ0) is 19.1. The minimum absolute atomic E-state index is 0.0144. The van der Waals surface area contributed by atoms with Crippen molar-refractivity contribution in [1.29, 1.82) is 0 Å². The Morgan fingerprint density at radius 1 is 0.963 bits per heavy atom. The van der Waals surface area contributed by atoms with Gasteiger partial charge < -0.3 is 10.2 Å². The molecule has 0 spiro atoms. The van der Waals surface area contributed by atoms with Gasteiger partial charge in [0.1, 0.15) is 0 Å². The summed E-state index contributed by atoms with van der Waals surface area (Å²) in [7, 11) is 0. The summed E-state index contributed by atoms with van der Waals surface area (Å²) in [6.07, 6.45) is 0.868. The molecule has 1 amide bonds. The number of nitro groups is 1. The zero-order valence-electron chi connectivity index (χ0n) is 15.2. The Bertz CT molecular complexity index is 757. The maximum absolute atomic E-state index is 12.1. The second-order valence-electron chi connectivity index (χ2n) is 6.71. The smallest absolute Gasteiger partial charge is 0.269 e. The number of nitrogens with one attached hydrogen (secondary N) is 1. The summed E-state index contributed by atoms with van der Waals surface area (Å²) in [4.78, 5) is 27.0. The van der Waals surface area contributed by atoms with E-state index in [0.717, 1.165) is 50.4 Å². The second kappa shape index (κ2) is 9.25. The number of non-ortho nitro benzene ring substituents is 1. The first-order valence-electron chi connectivity index (χ1n) is 9.13. The van der Waals surface area contributed by atoms with Gasteiger partial charge >= 0.3 is 0 Å². The molecular weight excluding hydrogens is 344 g/mol. The lowest BCUT2D eigenvalue weighted by Crippen LogP contribution is -2.49. The molecular formula is C20H24N4O3. The van der Waals surface area contributed by atoms with Gasteiger partial charge in [-0.15, -0.1) is 0 Å². The molecule has 7 nitrogen and oxygen atoms in total. The molecule has 0 bridgehead atoms. The van der Waals surface area contributed by atoms with Crippen LogP contribution in [0, 0.1) is 10.1 Å². The van der Waals surface area contributed by atoms with Crippen LogP contribution >= 0.6 is 0 Å². The number of nitrogens with zero attached hydrogens (tertiary/aromatic N) is 3. The molecule has 1 N–H and O–H groups in total. The first-order valence-corrected chi connectivity index (χ1v) is 9.13. The average Bonchev–Trinajstić information content (AvgIpc) is 2.68. The summed E-state index contributed by atoms with van der Waals surface area (Å²) in [5.41, 5.74) is 2.05. The van der Waals surface area contributed by atoms with E-state index in [9.17, 15) is 14.9 Å². The van der Waals surface area contributed by atoms with E-state index in [-0.39, 0.29) is 16.5 Å². The van der Waals surface area contributed by atoms with Crippen LogP contribution in [-0.2, 0) is 11.2 Å². The summed E-state index contributed by atoms with van der Waals surface area (Å²) in [5.74, 6) is 0.0144. The molecule has 3 rings (SSSR count). The molecule has 2 aromatic rings. The van der Waals surface area contributed by atoms with Crippen LogP contribution in [0.3, 0.4) is 0 Å². The number of nitro benzene ring substituents is 1. The fourth-order valence-corrected chi connectivity index (χ4v) is 3.17. The Hall–Kier alpha value is -2.77. The third-order valence-corrected chi connectivity index (χ3v) is 4.75. The van der Waals surface area contributed by atoms with Crippen molar-refractivity contribution >= 4 is 17.3 Å². The standard InChI is InChI=1S/C20H24N4O3/c25-20(21-18-4-2-1-3-5-18)16-23-14-12-22(13-15-23)11-10-17-6-8-19(9-7-17)24(26)27/h1-9H,10-16H2,(H,21,25). The van der Waals surface area contributed by atoms with Gasteiger partial charge in [-0.05, 0) is 24.1 Å². The Morgan fingerprint density at radius 2 is 1.59 bits per heavy atom. The molecule has 0 radical (unpaired) electrons. The maximum atomic E-state index is 12.1. The molecule has 1 aliphatic heterocycles. The van der Waals surface area contributed by atoms with Crippen LogP contribution in [0.5, 0.6) is 0 Å². The number of hydrogen-bond donors (Lipinski definition) is 1. The van der Waals surface area contributed by atoms with Gasteiger partial charge in [0.25, 0.3) is 5.69 Å². The Balaban J connectivity index is 1.37. The lowest BCUT2D eigenvalue weighted by molar-refractivity contribution is -0.384. The zero-order valence-corrected chi connectivity index (χ0v) is 15.2. The number of amides is 1. The van der Waals surface area contributed by atoms with Crippen LogP contribution in [0.25, 0.3) is 0 Å². The van der Waals surface area contributed by atoms with Crippen LogP contribution in [0.15, 0.2) is 54.6 Å². The van der Waals surface area contributed by atoms with Crippen LogP contribution in [0.4, 0.5) is 11.4 Å². The Labute approximate surface area is 158 Å². The summed E-state index contributed by atoms with van der Waals surface area (Å²) < 4.78 is 0. The predicted molar refractivity (Wildman–Crippen MR) is 105 cm³/mol. The fourth-order valence-electron chi connectivity index (χ4n) is 3.17. The third-order valence-electron chi connectivity index (χ3n) is 4.75. The normalized spacial score (nSPS) is 15.4. The summed E-state index contributed by atoms with van der Waals surface area (Å²) in [6.45, 7) is 4.90. The van der Waals surface area contributed by atoms with E-state index >= 15 is 0 Å². The molecule has 0 unspecified atom stereocenters. The highest BCUT2D eigenvalue weighted by molar-refractivity contribution is 5.92. The van der Waals surface area contributed by atoms with Crippen molar-refractivity contribution < 1.29 is 9.72 Å². The van der Waals surface area contributed by atoms with Gasteiger partial charge in [-0.25, -0.2) is 0 Å². The van der Waals surface area contributed by atoms with Gasteiger partial charge in [-0.2, -0.15) is 0 Å². The highest BCUT2D eigenvalue weighted by Crippen LogP contribution is 2.13. The quantitative estimate of drug-likeness (QED) is 0.600. The number of carbonyl (C=O) groups is 1. The van der Waals surface area contributed by atoms with Crippen LogP contribution in [0.2, 0.25) is 0 Å². The van der Waals surface area contributed by atoms with Crippen LogP contribution in [-0.4, -0.2) is 59.9 Å². The van der Waals surface area contributed by atoms with E-state index in [2.05, 4.69) is 15.1 Å². The molecule has 0 saturated carbocycles. The molecule has 7 heteroatoms. The van der Waals surface area contributed by atoms with Gasteiger partial charge in [0.05, 0.1) is 11.5 Å². The van der Waals surface area contributed by atoms with Crippen molar-refractivity contribution in [2.75, 3.05) is 44.6 Å². The number of anilines is 1. The first-order chi connectivity index (χ1) is 13.1. The summed E-state index contributed by atoms with van der Waals surface area (Å²) in [6, 6.07) is 16.2. The van der Waals surface area contributed by atoms with E-state index in [1.165, 1.54) is 0 Å². The molecule has 142 valence electrons. The van der Waals surface area contributed by atoms with E-state index in [4.69, 9.17) is 0 Å². The van der Waals surface area contributed by atoms with Crippen molar-refractivity contribution in [2.24, 2.45) is 0 Å². The van der Waals surface area contributed by atoms with Crippen molar-refractivity contribution in [3.63, 3.8) is 0 Å². The van der Waals surface area contributed by atoms with Crippen molar-refractivity contribution in [1.82, 2.24) is 9.80 Å². The van der Waals surface area contributed by atoms with Gasteiger partial charge in [-0.3, -0.25) is 19.8 Å². The van der Waals surface area contributed by atoms with Gasteiger partial charge in [0.15, 0.2) is 0 Å². The Morgan fingerprint density at radius 3 is 2.22 bits per heavy atom. The van der Waals surface area contributed by atoms with Crippen molar-refractivity contribution in [2.45, 2.75) is 6.42 Å². The molecule has 2 aromatic carbocycles. The molecule has 27 heavy (non-hydrogen) atoms. The number of benzene rings is 2. The second-order valence-corrected chi connectivity index (χ2v) is 6.71. The first kappa shape index (κ1) is 19.0. The largest absolute Gasteiger partial charge is 0.325 e. The molecule has 1 aliphatic rings. The predicted octanol–water partition coefficient (Wildman–Crippen LogP) is 2.39. The van der Waals surface area contributed by atoms with Crippen molar-refractivity contribution in [3.05, 3.63) is 70.3 Å². The summed E-state index contributed by atoms with van der Waals surface area (Å²) >= 11 is 0. The maximum Gasteiger partial charge on any atom is 0.269 e. The van der Waals surface area contributed by atoms with E-state index < -0.39 is 0 Å². The highest BCUT2D eigenvalue weighted by Gasteiger charge is 2.18. The molecule has 1 heterocycles.